The zero-order valence-electron chi connectivity index (χ0n) is 25.0. The molecule has 1 aliphatic carbocycles. The molecule has 0 amide bonds. The highest BCUT2D eigenvalue weighted by molar-refractivity contribution is 6.29. The van der Waals surface area contributed by atoms with Crippen LogP contribution in [0, 0.1) is 0 Å². The molecule has 0 radical (unpaired) electrons. The van der Waals surface area contributed by atoms with Crippen LogP contribution in [0.5, 0.6) is 0 Å². The molecule has 10 aromatic rings. The minimum absolute atomic E-state index is 0.0700. The Hall–Kier alpha value is -5.60. The highest BCUT2D eigenvalue weighted by atomic mass is 16.3. The standard InChI is InChI=1S/C43H27NO/c1-43(2)32-12-5-3-10-27(32)30-22-31-38(23-33(30)43)45-37-21-20-36-41(42(31)37)28-11-4-6-13-34(28)44(36)35-19-17-26-15-14-24-8-7-9-25-16-18-29(35)40(26)39(24)25/h3-23H,1-2H3. The predicted molar refractivity (Wildman–Crippen MR) is 189 cm³/mol. The maximum atomic E-state index is 6.68. The number of para-hydroxylation sites is 1. The molecule has 2 heterocycles. The lowest BCUT2D eigenvalue weighted by Gasteiger charge is -2.21. The van der Waals surface area contributed by atoms with Crippen LogP contribution >= 0.6 is 0 Å². The van der Waals surface area contributed by atoms with E-state index in [1.807, 2.05) is 0 Å². The Kier molecular flexibility index (Phi) is 4.19. The van der Waals surface area contributed by atoms with Crippen molar-refractivity contribution < 1.29 is 4.42 Å². The molecule has 2 aromatic heterocycles. The number of fused-ring (bicyclic) bond motifs is 10. The van der Waals surface area contributed by atoms with Crippen molar-refractivity contribution in [3.8, 4) is 16.8 Å². The quantitative estimate of drug-likeness (QED) is 0.179. The van der Waals surface area contributed by atoms with Gasteiger partial charge in [0.2, 0.25) is 0 Å². The molecule has 11 rings (SSSR count). The molecule has 0 spiro atoms. The number of aromatic nitrogens is 1. The second-order valence-electron chi connectivity index (χ2n) is 13.3. The molecule has 210 valence electrons. The fraction of sp³-hybridized carbons (Fsp3) is 0.0698. The number of furan rings is 1. The Labute approximate surface area is 259 Å². The number of hydrogen-bond acceptors (Lipinski definition) is 1. The van der Waals surface area contributed by atoms with E-state index < -0.39 is 0 Å². The SMILES string of the molecule is CC1(C)c2ccccc2-c2cc3c(cc21)oc1ccc2c(c4ccccc4n2-c2ccc4ccc5cccc6ccc2c4c56)c13. The molecule has 0 aliphatic heterocycles. The normalized spacial score (nSPS) is 14.2. The first-order valence-electron chi connectivity index (χ1n) is 15.8. The van der Waals surface area contributed by atoms with Crippen LogP contribution in [0.15, 0.2) is 132 Å². The molecular formula is C43H27NO. The van der Waals surface area contributed by atoms with Crippen LogP contribution < -0.4 is 0 Å². The molecule has 0 N–H and O–H groups in total. The van der Waals surface area contributed by atoms with Crippen LogP contribution in [0.2, 0.25) is 0 Å². The third-order valence-electron chi connectivity index (χ3n) is 10.7. The molecule has 2 nitrogen and oxygen atoms in total. The van der Waals surface area contributed by atoms with Gasteiger partial charge in [0.25, 0.3) is 0 Å². The molecule has 0 saturated carbocycles. The summed E-state index contributed by atoms with van der Waals surface area (Å²) in [5.41, 5.74) is 10.8. The minimum atomic E-state index is -0.0700. The Bertz CT molecular complexity index is 2880. The topological polar surface area (TPSA) is 18.1 Å². The van der Waals surface area contributed by atoms with Crippen molar-refractivity contribution in [1.29, 1.82) is 0 Å². The molecule has 0 fully saturated rings. The van der Waals surface area contributed by atoms with Gasteiger partial charge < -0.3 is 8.98 Å². The van der Waals surface area contributed by atoms with E-state index in [1.54, 1.807) is 0 Å². The number of nitrogens with zero attached hydrogens (tertiary/aromatic N) is 1. The monoisotopic (exact) mass is 573 g/mol. The van der Waals surface area contributed by atoms with Gasteiger partial charge in [-0.3, -0.25) is 0 Å². The third kappa shape index (κ3) is 2.82. The molecule has 0 unspecified atom stereocenters. The van der Waals surface area contributed by atoms with Crippen molar-refractivity contribution >= 4 is 76.1 Å². The van der Waals surface area contributed by atoms with Gasteiger partial charge in [-0.1, -0.05) is 105 Å². The van der Waals surface area contributed by atoms with Crippen LogP contribution in [0.4, 0.5) is 0 Å². The van der Waals surface area contributed by atoms with Gasteiger partial charge >= 0.3 is 0 Å². The van der Waals surface area contributed by atoms with Gasteiger partial charge in [-0.25, -0.2) is 0 Å². The van der Waals surface area contributed by atoms with Gasteiger partial charge in [-0.05, 0) is 85.6 Å². The molecule has 2 heteroatoms. The fourth-order valence-electron chi connectivity index (χ4n) is 8.69. The number of benzene rings is 8. The lowest BCUT2D eigenvalue weighted by atomic mass is 9.82. The lowest BCUT2D eigenvalue weighted by molar-refractivity contribution is 0.647. The predicted octanol–water partition coefficient (Wildman–Crippen LogP) is 11.9. The van der Waals surface area contributed by atoms with Crippen molar-refractivity contribution in [3.05, 3.63) is 139 Å². The van der Waals surface area contributed by atoms with Gasteiger partial charge in [-0.2, -0.15) is 0 Å². The van der Waals surface area contributed by atoms with E-state index in [9.17, 15) is 0 Å². The summed E-state index contributed by atoms with van der Waals surface area (Å²) in [6.07, 6.45) is 0. The summed E-state index contributed by atoms with van der Waals surface area (Å²) in [6, 6.07) is 47.1. The highest BCUT2D eigenvalue weighted by Crippen LogP contribution is 2.52. The molecule has 0 atom stereocenters. The Morgan fingerprint density at radius 3 is 2.11 bits per heavy atom. The smallest absolute Gasteiger partial charge is 0.136 e. The van der Waals surface area contributed by atoms with E-state index in [4.69, 9.17) is 4.42 Å². The largest absolute Gasteiger partial charge is 0.456 e. The molecular weight excluding hydrogens is 546 g/mol. The first-order chi connectivity index (χ1) is 22.1. The van der Waals surface area contributed by atoms with Crippen LogP contribution in [0.1, 0.15) is 25.0 Å². The van der Waals surface area contributed by atoms with Crippen molar-refractivity contribution in [2.24, 2.45) is 0 Å². The van der Waals surface area contributed by atoms with Gasteiger partial charge in [-0.15, -0.1) is 0 Å². The van der Waals surface area contributed by atoms with E-state index in [1.165, 1.54) is 92.8 Å². The Morgan fingerprint density at radius 2 is 1.22 bits per heavy atom. The zero-order chi connectivity index (χ0) is 29.6. The van der Waals surface area contributed by atoms with Crippen molar-refractivity contribution in [1.82, 2.24) is 4.57 Å². The molecule has 0 bridgehead atoms. The van der Waals surface area contributed by atoms with Crippen molar-refractivity contribution in [2.45, 2.75) is 19.3 Å². The minimum Gasteiger partial charge on any atom is -0.456 e. The van der Waals surface area contributed by atoms with E-state index >= 15 is 0 Å². The summed E-state index contributed by atoms with van der Waals surface area (Å²) in [5, 5.41) is 12.7. The Morgan fingerprint density at radius 1 is 0.467 bits per heavy atom. The molecule has 1 aliphatic rings. The van der Waals surface area contributed by atoms with Gasteiger partial charge in [0, 0.05) is 32.3 Å². The van der Waals surface area contributed by atoms with Crippen LogP contribution in [-0.2, 0) is 5.41 Å². The fourth-order valence-corrected chi connectivity index (χ4v) is 8.69. The highest BCUT2D eigenvalue weighted by Gasteiger charge is 2.36. The summed E-state index contributed by atoms with van der Waals surface area (Å²) < 4.78 is 9.15. The molecule has 45 heavy (non-hydrogen) atoms. The van der Waals surface area contributed by atoms with Gasteiger partial charge in [0.05, 0.1) is 16.7 Å². The maximum Gasteiger partial charge on any atom is 0.136 e. The van der Waals surface area contributed by atoms with Crippen LogP contribution in [0.3, 0.4) is 0 Å². The molecule has 8 aromatic carbocycles. The van der Waals surface area contributed by atoms with E-state index in [0.29, 0.717) is 0 Å². The van der Waals surface area contributed by atoms with Gasteiger partial charge in [0.1, 0.15) is 11.2 Å². The van der Waals surface area contributed by atoms with Crippen molar-refractivity contribution in [2.75, 3.05) is 0 Å². The third-order valence-corrected chi connectivity index (χ3v) is 10.7. The van der Waals surface area contributed by atoms with E-state index in [2.05, 4.69) is 146 Å². The number of hydrogen-bond donors (Lipinski definition) is 0. The molecule has 0 saturated heterocycles. The lowest BCUT2D eigenvalue weighted by Crippen LogP contribution is -2.14. The second kappa shape index (κ2) is 7.91. The zero-order valence-corrected chi connectivity index (χ0v) is 25.0. The van der Waals surface area contributed by atoms with Crippen molar-refractivity contribution in [3.63, 3.8) is 0 Å². The summed E-state index contributed by atoms with van der Waals surface area (Å²) in [4.78, 5) is 0. The summed E-state index contributed by atoms with van der Waals surface area (Å²) in [5.74, 6) is 0. The maximum absolute atomic E-state index is 6.68. The second-order valence-corrected chi connectivity index (χ2v) is 13.3. The summed E-state index contributed by atoms with van der Waals surface area (Å²) >= 11 is 0. The summed E-state index contributed by atoms with van der Waals surface area (Å²) in [7, 11) is 0. The van der Waals surface area contributed by atoms with Gasteiger partial charge in [0.15, 0.2) is 0 Å². The van der Waals surface area contributed by atoms with E-state index in [-0.39, 0.29) is 5.41 Å². The average molecular weight is 574 g/mol. The first kappa shape index (κ1) is 23.8. The summed E-state index contributed by atoms with van der Waals surface area (Å²) in [6.45, 7) is 4.66. The van der Waals surface area contributed by atoms with E-state index in [0.717, 1.165) is 11.2 Å². The van der Waals surface area contributed by atoms with Crippen LogP contribution in [0.25, 0.3) is 92.9 Å². The average Bonchev–Trinajstić information content (AvgIpc) is 3.68. The first-order valence-corrected chi connectivity index (χ1v) is 15.8. The number of rotatable bonds is 1. The Balaban J connectivity index is 1.29. The van der Waals surface area contributed by atoms with Crippen LogP contribution in [-0.4, -0.2) is 4.57 Å².